The van der Waals surface area contributed by atoms with E-state index in [4.69, 9.17) is 9.83 Å². The van der Waals surface area contributed by atoms with E-state index in [0.717, 1.165) is 44.7 Å². The molecule has 0 fully saturated rings. The Morgan fingerprint density at radius 1 is 0.844 bits per heavy atom. The molecular formula is C29H24N2O. The lowest BCUT2D eigenvalue weighted by Gasteiger charge is -2.32. The average Bonchev–Trinajstić information content (AvgIpc) is 2.75. The van der Waals surface area contributed by atoms with E-state index in [1.165, 1.54) is 16.3 Å². The van der Waals surface area contributed by atoms with Crippen LogP contribution in [0.25, 0.3) is 49.8 Å². The summed E-state index contributed by atoms with van der Waals surface area (Å²) in [4.78, 5) is 0. The second-order valence-corrected chi connectivity index (χ2v) is 9.29. The number of rotatable bonds is 1. The fraction of sp³-hybridized carbons (Fsp3) is 0.138. The molecule has 0 saturated heterocycles. The number of anilines is 1. The van der Waals surface area contributed by atoms with Crippen LogP contribution in [0.15, 0.2) is 83.3 Å². The van der Waals surface area contributed by atoms with Crippen LogP contribution in [-0.4, -0.2) is 5.54 Å². The standard InChI is InChI=1S/C29H24N2O/c1-17-16-29(2,3)31-24-13-12-23-27(20-9-8-18-6-4-5-7-19(18)14-20)22-11-10-21(30)15-25(22)32-28(23)26(17)24/h4-16,30-31H,1-3H3. The van der Waals surface area contributed by atoms with Crippen molar-refractivity contribution in [2.75, 3.05) is 5.32 Å². The van der Waals surface area contributed by atoms with Crippen molar-refractivity contribution in [3.8, 4) is 22.5 Å². The van der Waals surface area contributed by atoms with Crippen molar-refractivity contribution < 1.29 is 4.42 Å². The molecule has 0 spiro atoms. The van der Waals surface area contributed by atoms with Gasteiger partial charge in [0.05, 0.1) is 10.9 Å². The molecule has 0 saturated carbocycles. The highest BCUT2D eigenvalue weighted by Crippen LogP contribution is 2.46. The Kier molecular flexibility index (Phi) is 3.88. The molecule has 0 aromatic heterocycles. The molecule has 3 aromatic rings. The molecule has 0 bridgehead atoms. The van der Waals surface area contributed by atoms with Gasteiger partial charge in [-0.25, -0.2) is 0 Å². The molecule has 3 aliphatic rings. The van der Waals surface area contributed by atoms with E-state index in [1.807, 2.05) is 18.2 Å². The van der Waals surface area contributed by atoms with Gasteiger partial charge in [-0.2, -0.15) is 0 Å². The minimum Gasteiger partial charge on any atom is -0.455 e. The summed E-state index contributed by atoms with van der Waals surface area (Å²) in [5, 5.41) is 15.8. The minimum atomic E-state index is -0.114. The molecule has 0 radical (unpaired) electrons. The van der Waals surface area contributed by atoms with Gasteiger partial charge in [-0.05, 0) is 73.0 Å². The molecule has 2 aliphatic heterocycles. The minimum absolute atomic E-state index is 0.114. The molecule has 32 heavy (non-hydrogen) atoms. The first-order chi connectivity index (χ1) is 15.4. The molecule has 3 aromatic carbocycles. The quantitative estimate of drug-likeness (QED) is 0.279. The van der Waals surface area contributed by atoms with E-state index >= 15 is 0 Å². The summed E-state index contributed by atoms with van der Waals surface area (Å²) in [5.41, 5.74) is 7.44. The van der Waals surface area contributed by atoms with E-state index in [2.05, 4.69) is 86.8 Å². The lowest BCUT2D eigenvalue weighted by atomic mass is 9.87. The van der Waals surface area contributed by atoms with Gasteiger partial charge in [0.25, 0.3) is 0 Å². The third-order valence-electron chi connectivity index (χ3n) is 6.36. The van der Waals surface area contributed by atoms with Gasteiger partial charge < -0.3 is 15.1 Å². The number of hydrogen-bond acceptors (Lipinski definition) is 3. The summed E-state index contributed by atoms with van der Waals surface area (Å²) in [5.74, 6) is 0.735. The van der Waals surface area contributed by atoms with Crippen LogP contribution in [0.4, 0.5) is 5.69 Å². The van der Waals surface area contributed by atoms with E-state index < -0.39 is 0 Å². The summed E-state index contributed by atoms with van der Waals surface area (Å²) >= 11 is 0. The summed E-state index contributed by atoms with van der Waals surface area (Å²) < 4.78 is 6.51. The molecule has 2 N–H and O–H groups in total. The largest absolute Gasteiger partial charge is 0.455 e. The maximum absolute atomic E-state index is 8.16. The van der Waals surface area contributed by atoms with Crippen molar-refractivity contribution in [1.29, 1.82) is 5.41 Å². The van der Waals surface area contributed by atoms with Crippen molar-refractivity contribution in [1.82, 2.24) is 0 Å². The second-order valence-electron chi connectivity index (χ2n) is 9.29. The maximum atomic E-state index is 8.16. The van der Waals surface area contributed by atoms with Gasteiger partial charge in [0.1, 0.15) is 11.3 Å². The first kappa shape index (κ1) is 18.9. The zero-order chi connectivity index (χ0) is 22.0. The van der Waals surface area contributed by atoms with Crippen LogP contribution in [0.5, 0.6) is 0 Å². The average molecular weight is 417 g/mol. The summed E-state index contributed by atoms with van der Waals surface area (Å²) in [7, 11) is 0. The number of fused-ring (bicyclic) bond motifs is 5. The number of hydrogen-bond donors (Lipinski definition) is 2. The Morgan fingerprint density at radius 3 is 2.50 bits per heavy atom. The topological polar surface area (TPSA) is 49.0 Å². The molecule has 3 heteroatoms. The number of allylic oxidation sites excluding steroid dienone is 1. The van der Waals surface area contributed by atoms with Crippen LogP contribution in [0.3, 0.4) is 0 Å². The Balaban J connectivity index is 1.75. The van der Waals surface area contributed by atoms with Crippen LogP contribution in [0, 0.1) is 5.41 Å². The first-order valence-electron chi connectivity index (χ1n) is 10.9. The van der Waals surface area contributed by atoms with Crippen molar-refractivity contribution in [3.05, 3.63) is 89.8 Å². The van der Waals surface area contributed by atoms with E-state index in [1.54, 1.807) is 0 Å². The van der Waals surface area contributed by atoms with Crippen LogP contribution in [0.1, 0.15) is 26.3 Å². The molecule has 3 nitrogen and oxygen atoms in total. The number of benzene rings is 4. The molecule has 156 valence electrons. The van der Waals surface area contributed by atoms with Gasteiger partial charge in [0, 0.05) is 33.8 Å². The maximum Gasteiger partial charge on any atom is 0.144 e. The SMILES string of the molecule is CC1=CC(C)(C)Nc2ccc3c(-c4ccc5ccccc5c4)c4ccc(=N)cc-4oc3c21. The van der Waals surface area contributed by atoms with Gasteiger partial charge in [-0.15, -0.1) is 0 Å². The molecule has 1 aliphatic carbocycles. The molecular weight excluding hydrogens is 392 g/mol. The van der Waals surface area contributed by atoms with Crippen LogP contribution in [0.2, 0.25) is 0 Å². The van der Waals surface area contributed by atoms with Gasteiger partial charge in [-0.3, -0.25) is 0 Å². The Labute approximate surface area is 186 Å². The number of nitrogens with one attached hydrogen (secondary N) is 2. The Hall–Kier alpha value is -3.85. The van der Waals surface area contributed by atoms with Gasteiger partial charge in [-0.1, -0.05) is 42.5 Å². The summed E-state index contributed by atoms with van der Waals surface area (Å²) in [6, 6.07) is 25.0. The molecule has 0 unspecified atom stereocenters. The highest BCUT2D eigenvalue weighted by atomic mass is 16.3. The fourth-order valence-electron chi connectivity index (χ4n) is 5.10. The summed E-state index contributed by atoms with van der Waals surface area (Å²) in [6.45, 7) is 6.50. The zero-order valence-electron chi connectivity index (χ0n) is 18.4. The van der Waals surface area contributed by atoms with E-state index in [9.17, 15) is 0 Å². The van der Waals surface area contributed by atoms with E-state index in [-0.39, 0.29) is 5.54 Å². The molecule has 6 rings (SSSR count). The Bertz CT molecular complexity index is 1600. The fourth-order valence-corrected chi connectivity index (χ4v) is 5.10. The van der Waals surface area contributed by atoms with Crippen molar-refractivity contribution in [3.63, 3.8) is 0 Å². The predicted octanol–water partition coefficient (Wildman–Crippen LogP) is 7.44. The highest BCUT2D eigenvalue weighted by molar-refractivity contribution is 6.08. The first-order valence-corrected chi connectivity index (χ1v) is 10.9. The smallest absolute Gasteiger partial charge is 0.144 e. The lowest BCUT2D eigenvalue weighted by molar-refractivity contribution is 0.616. The van der Waals surface area contributed by atoms with Gasteiger partial charge in [0.15, 0.2) is 0 Å². The molecule has 0 atom stereocenters. The Morgan fingerprint density at radius 2 is 1.66 bits per heavy atom. The van der Waals surface area contributed by atoms with Crippen molar-refractivity contribution in [2.45, 2.75) is 26.3 Å². The summed E-state index contributed by atoms with van der Waals surface area (Å²) in [6.07, 6.45) is 2.26. The van der Waals surface area contributed by atoms with Gasteiger partial charge >= 0.3 is 0 Å². The third kappa shape index (κ3) is 2.85. The second kappa shape index (κ2) is 6.57. The molecule has 2 heterocycles. The van der Waals surface area contributed by atoms with E-state index in [0.29, 0.717) is 5.36 Å². The van der Waals surface area contributed by atoms with Crippen LogP contribution in [-0.2, 0) is 0 Å². The highest BCUT2D eigenvalue weighted by Gasteiger charge is 2.27. The lowest BCUT2D eigenvalue weighted by Crippen LogP contribution is -2.31. The van der Waals surface area contributed by atoms with Crippen LogP contribution >= 0.6 is 0 Å². The van der Waals surface area contributed by atoms with Crippen LogP contribution < -0.4 is 10.7 Å². The monoisotopic (exact) mass is 416 g/mol. The third-order valence-corrected chi connectivity index (χ3v) is 6.36. The van der Waals surface area contributed by atoms with Crippen molar-refractivity contribution >= 4 is 33.0 Å². The normalized spacial score (nSPS) is 14.9. The zero-order valence-corrected chi connectivity index (χ0v) is 18.4. The molecule has 0 amide bonds. The van der Waals surface area contributed by atoms with Gasteiger partial charge in [0.2, 0.25) is 0 Å². The predicted molar refractivity (Wildman–Crippen MR) is 133 cm³/mol. The van der Waals surface area contributed by atoms with Crippen molar-refractivity contribution in [2.24, 2.45) is 0 Å².